The number of hydrogen-bond donors (Lipinski definition) is 3. The van der Waals surface area contributed by atoms with Crippen LogP contribution in [0.2, 0.25) is 0 Å². The van der Waals surface area contributed by atoms with Gasteiger partial charge in [-0.1, -0.05) is 6.92 Å². The van der Waals surface area contributed by atoms with Crippen LogP contribution in [0, 0.1) is 0 Å². The molecular weight excluding hydrogens is 130 g/mol. The lowest BCUT2D eigenvalue weighted by Gasteiger charge is -2.13. The largest absolute Gasteiger partial charge is 0.352 e. The van der Waals surface area contributed by atoms with Gasteiger partial charge in [0.25, 0.3) is 0 Å². The van der Waals surface area contributed by atoms with Crippen molar-refractivity contribution in [2.24, 2.45) is 5.73 Å². The third-order valence-electron chi connectivity index (χ3n) is 1.29. The normalized spacial score (nSPS) is 12.6. The fourth-order valence-corrected chi connectivity index (χ4v) is 0.745. The molecule has 0 radical (unpaired) electrons. The molecule has 0 aliphatic carbocycles. The predicted octanol–water partition coefficient (Wildman–Crippen LogP) is -0.347. The maximum absolute atomic E-state index is 10.3. The van der Waals surface area contributed by atoms with Gasteiger partial charge >= 0.3 is 6.03 Å². The van der Waals surface area contributed by atoms with Gasteiger partial charge in [-0.15, -0.1) is 0 Å². The van der Waals surface area contributed by atoms with Crippen molar-refractivity contribution in [3.8, 4) is 0 Å². The number of carbonyl (C=O) groups is 1. The predicted molar refractivity (Wildman–Crippen MR) is 40.7 cm³/mol. The zero-order chi connectivity index (χ0) is 7.98. The molecule has 0 rings (SSSR count). The molecule has 4 heteroatoms. The van der Waals surface area contributed by atoms with Crippen LogP contribution in [0.4, 0.5) is 4.79 Å². The number of hydrogen-bond acceptors (Lipinski definition) is 2. The highest BCUT2D eigenvalue weighted by Crippen LogP contribution is 1.86. The van der Waals surface area contributed by atoms with Crippen LogP contribution in [0.25, 0.3) is 0 Å². The molecule has 0 aliphatic heterocycles. The summed E-state index contributed by atoms with van der Waals surface area (Å²) in [5.41, 5.74) is 4.92. The molecule has 0 aromatic rings. The highest BCUT2D eigenvalue weighted by Gasteiger charge is 2.04. The van der Waals surface area contributed by atoms with Crippen LogP contribution >= 0.6 is 0 Å². The fourth-order valence-electron chi connectivity index (χ4n) is 0.745. The van der Waals surface area contributed by atoms with Gasteiger partial charge in [-0.25, -0.2) is 4.79 Å². The SMILES string of the molecule is CCC(CNC)NC(N)=O. The summed E-state index contributed by atoms with van der Waals surface area (Å²) >= 11 is 0. The highest BCUT2D eigenvalue weighted by molar-refractivity contribution is 5.71. The summed E-state index contributed by atoms with van der Waals surface area (Å²) in [6, 6.07) is -0.301. The Morgan fingerprint density at radius 1 is 1.70 bits per heavy atom. The molecule has 1 unspecified atom stereocenters. The van der Waals surface area contributed by atoms with Crippen LogP contribution in [-0.2, 0) is 0 Å². The average molecular weight is 145 g/mol. The van der Waals surface area contributed by atoms with E-state index in [1.165, 1.54) is 0 Å². The monoisotopic (exact) mass is 145 g/mol. The third kappa shape index (κ3) is 4.14. The van der Waals surface area contributed by atoms with E-state index in [4.69, 9.17) is 5.73 Å². The molecule has 0 aromatic heterocycles. The van der Waals surface area contributed by atoms with E-state index >= 15 is 0 Å². The lowest BCUT2D eigenvalue weighted by molar-refractivity contribution is 0.244. The summed E-state index contributed by atoms with van der Waals surface area (Å²) in [6.07, 6.45) is 0.893. The Hall–Kier alpha value is -0.770. The van der Waals surface area contributed by atoms with E-state index in [0.717, 1.165) is 13.0 Å². The van der Waals surface area contributed by atoms with E-state index in [9.17, 15) is 4.79 Å². The number of primary amides is 1. The third-order valence-corrected chi connectivity index (χ3v) is 1.29. The van der Waals surface area contributed by atoms with Crippen LogP contribution in [-0.4, -0.2) is 25.7 Å². The topological polar surface area (TPSA) is 67.2 Å². The van der Waals surface area contributed by atoms with E-state index in [1.807, 2.05) is 14.0 Å². The van der Waals surface area contributed by atoms with E-state index in [1.54, 1.807) is 0 Å². The number of carbonyl (C=O) groups excluding carboxylic acids is 1. The smallest absolute Gasteiger partial charge is 0.312 e. The minimum Gasteiger partial charge on any atom is -0.352 e. The second-order valence-corrected chi connectivity index (χ2v) is 2.17. The Balaban J connectivity index is 3.49. The van der Waals surface area contributed by atoms with Crippen LogP contribution in [0.3, 0.4) is 0 Å². The molecule has 4 N–H and O–H groups in total. The summed E-state index contributed by atoms with van der Waals surface area (Å²) in [7, 11) is 1.84. The van der Waals surface area contributed by atoms with Crippen LogP contribution in [0.15, 0.2) is 0 Å². The number of likely N-dealkylation sites (N-methyl/N-ethyl adjacent to an activating group) is 1. The Kier molecular flexibility index (Phi) is 4.66. The molecule has 0 fully saturated rings. The average Bonchev–Trinajstić information content (AvgIpc) is 1.86. The zero-order valence-electron chi connectivity index (χ0n) is 6.48. The van der Waals surface area contributed by atoms with Crippen LogP contribution in [0.5, 0.6) is 0 Å². The van der Waals surface area contributed by atoms with Crippen molar-refractivity contribution >= 4 is 6.03 Å². The van der Waals surface area contributed by atoms with Crippen molar-refractivity contribution in [2.75, 3.05) is 13.6 Å². The van der Waals surface area contributed by atoms with Crippen LogP contribution in [0.1, 0.15) is 13.3 Å². The molecule has 60 valence electrons. The Morgan fingerprint density at radius 2 is 2.30 bits per heavy atom. The number of nitrogens with two attached hydrogens (primary N) is 1. The van der Waals surface area contributed by atoms with Gasteiger partial charge < -0.3 is 16.4 Å². The van der Waals surface area contributed by atoms with Crippen molar-refractivity contribution in [3.63, 3.8) is 0 Å². The molecule has 0 bridgehead atoms. The van der Waals surface area contributed by atoms with Crippen molar-refractivity contribution in [2.45, 2.75) is 19.4 Å². The Labute approximate surface area is 61.2 Å². The summed E-state index contributed by atoms with van der Waals surface area (Å²) in [5, 5.41) is 5.56. The van der Waals surface area contributed by atoms with Gasteiger partial charge in [-0.2, -0.15) is 0 Å². The molecule has 0 heterocycles. The van der Waals surface area contributed by atoms with E-state index < -0.39 is 6.03 Å². The van der Waals surface area contributed by atoms with Crippen molar-refractivity contribution in [1.82, 2.24) is 10.6 Å². The molecule has 1 atom stereocenters. The minimum absolute atomic E-state index is 0.155. The number of nitrogens with one attached hydrogen (secondary N) is 2. The maximum Gasteiger partial charge on any atom is 0.312 e. The molecule has 2 amide bonds. The lowest BCUT2D eigenvalue weighted by Crippen LogP contribution is -2.43. The van der Waals surface area contributed by atoms with Crippen molar-refractivity contribution in [1.29, 1.82) is 0 Å². The van der Waals surface area contributed by atoms with Crippen molar-refractivity contribution in [3.05, 3.63) is 0 Å². The number of rotatable bonds is 4. The molecule has 0 saturated carbocycles. The van der Waals surface area contributed by atoms with Gasteiger partial charge in [-0.3, -0.25) is 0 Å². The summed E-state index contributed by atoms with van der Waals surface area (Å²) in [4.78, 5) is 10.3. The summed E-state index contributed by atoms with van der Waals surface area (Å²) in [6.45, 7) is 2.76. The van der Waals surface area contributed by atoms with Gasteiger partial charge in [0.15, 0.2) is 0 Å². The van der Waals surface area contributed by atoms with E-state index in [-0.39, 0.29) is 6.04 Å². The molecule has 0 aliphatic rings. The highest BCUT2D eigenvalue weighted by atomic mass is 16.2. The molecule has 4 nitrogen and oxygen atoms in total. The summed E-state index contributed by atoms with van der Waals surface area (Å²) in [5.74, 6) is 0. The lowest BCUT2D eigenvalue weighted by atomic mass is 10.2. The van der Waals surface area contributed by atoms with Gasteiger partial charge in [0.05, 0.1) is 0 Å². The molecule has 0 spiro atoms. The fraction of sp³-hybridized carbons (Fsp3) is 0.833. The first-order chi connectivity index (χ1) is 4.70. The molecular formula is C6H15N3O. The van der Waals surface area contributed by atoms with Crippen molar-refractivity contribution < 1.29 is 4.79 Å². The number of urea groups is 1. The zero-order valence-corrected chi connectivity index (χ0v) is 6.48. The van der Waals surface area contributed by atoms with Gasteiger partial charge in [-0.05, 0) is 13.5 Å². The second-order valence-electron chi connectivity index (χ2n) is 2.17. The quantitative estimate of drug-likeness (QED) is 0.506. The standard InChI is InChI=1S/C6H15N3O/c1-3-5(4-8-2)9-6(7)10/h5,8H,3-4H2,1-2H3,(H3,7,9,10). The summed E-state index contributed by atoms with van der Waals surface area (Å²) < 4.78 is 0. The van der Waals surface area contributed by atoms with E-state index in [0.29, 0.717) is 0 Å². The molecule has 0 aromatic carbocycles. The number of amides is 2. The second kappa shape index (κ2) is 5.05. The van der Waals surface area contributed by atoms with Crippen LogP contribution < -0.4 is 16.4 Å². The first-order valence-corrected chi connectivity index (χ1v) is 3.41. The van der Waals surface area contributed by atoms with Gasteiger partial charge in [0, 0.05) is 12.6 Å². The minimum atomic E-state index is -0.456. The Morgan fingerprint density at radius 3 is 2.60 bits per heavy atom. The first kappa shape index (κ1) is 9.23. The maximum atomic E-state index is 10.3. The van der Waals surface area contributed by atoms with Gasteiger partial charge in [0.2, 0.25) is 0 Å². The molecule has 10 heavy (non-hydrogen) atoms. The molecule has 0 saturated heterocycles. The van der Waals surface area contributed by atoms with E-state index in [2.05, 4.69) is 10.6 Å². The Bertz CT molecular complexity index is 105. The first-order valence-electron chi connectivity index (χ1n) is 3.41. The van der Waals surface area contributed by atoms with Gasteiger partial charge in [0.1, 0.15) is 0 Å².